The van der Waals surface area contributed by atoms with Crippen molar-refractivity contribution < 1.29 is 9.47 Å². The molecule has 1 fully saturated rings. The van der Waals surface area contributed by atoms with Crippen LogP contribution in [-0.2, 0) is 6.42 Å². The van der Waals surface area contributed by atoms with Gasteiger partial charge in [0.05, 0.1) is 7.11 Å². The molecule has 0 amide bonds. The second-order valence-corrected chi connectivity index (χ2v) is 4.65. The Morgan fingerprint density at radius 2 is 2.12 bits per heavy atom. The van der Waals surface area contributed by atoms with E-state index < -0.39 is 0 Å². The second kappa shape index (κ2) is 3.67. The van der Waals surface area contributed by atoms with Crippen molar-refractivity contribution in [1.82, 2.24) is 5.32 Å². The molecule has 1 aromatic rings. The lowest BCUT2D eigenvalue weighted by molar-refractivity contribution is 0.0599. The molecule has 1 aromatic carbocycles. The van der Waals surface area contributed by atoms with Crippen LogP contribution < -0.4 is 14.8 Å². The Balaban J connectivity index is 1.93. The maximum Gasteiger partial charge on any atom is 0.127 e. The molecule has 2 aliphatic rings. The summed E-state index contributed by atoms with van der Waals surface area (Å²) in [6, 6.07) is 6.06. The van der Waals surface area contributed by atoms with E-state index in [1.54, 1.807) is 7.11 Å². The summed E-state index contributed by atoms with van der Waals surface area (Å²) in [5.41, 5.74) is 1.27. The van der Waals surface area contributed by atoms with Crippen molar-refractivity contribution in [2.75, 3.05) is 20.2 Å². The van der Waals surface area contributed by atoms with Crippen molar-refractivity contribution in [3.63, 3.8) is 0 Å². The van der Waals surface area contributed by atoms with E-state index in [9.17, 15) is 0 Å². The first kappa shape index (κ1) is 9.97. The Morgan fingerprint density at radius 3 is 2.88 bits per heavy atom. The molecular weight excluding hydrogens is 202 g/mol. The van der Waals surface area contributed by atoms with E-state index >= 15 is 0 Å². The summed E-state index contributed by atoms with van der Waals surface area (Å²) in [5, 5.41) is 3.38. The molecule has 2 aliphatic heterocycles. The third-order valence-corrected chi connectivity index (χ3v) is 3.65. The van der Waals surface area contributed by atoms with E-state index in [4.69, 9.17) is 9.47 Å². The number of nitrogens with one attached hydrogen (secondary N) is 1. The molecule has 1 saturated heterocycles. The van der Waals surface area contributed by atoms with Crippen LogP contribution in [0.15, 0.2) is 18.2 Å². The molecule has 0 saturated carbocycles. The van der Waals surface area contributed by atoms with Gasteiger partial charge in [-0.3, -0.25) is 0 Å². The fourth-order valence-electron chi connectivity index (χ4n) is 2.76. The minimum atomic E-state index is 0.0300. The number of fused-ring (bicyclic) bond motifs is 1. The van der Waals surface area contributed by atoms with Gasteiger partial charge in [0.2, 0.25) is 0 Å². The summed E-state index contributed by atoms with van der Waals surface area (Å²) in [6.07, 6.45) is 3.17. The van der Waals surface area contributed by atoms with Crippen LogP contribution in [0.4, 0.5) is 0 Å². The van der Waals surface area contributed by atoms with Crippen LogP contribution in [0.25, 0.3) is 0 Å². The molecule has 86 valence electrons. The number of rotatable bonds is 1. The third kappa shape index (κ3) is 1.47. The molecule has 0 unspecified atom stereocenters. The highest BCUT2D eigenvalue weighted by Crippen LogP contribution is 2.43. The van der Waals surface area contributed by atoms with Crippen LogP contribution in [-0.4, -0.2) is 25.8 Å². The SMILES string of the molecule is COc1cccc2c1CC1(CCNCC1)O2. The zero-order valence-electron chi connectivity index (χ0n) is 9.58. The second-order valence-electron chi connectivity index (χ2n) is 4.65. The fraction of sp³-hybridized carbons (Fsp3) is 0.538. The maximum atomic E-state index is 6.16. The molecule has 0 bridgehead atoms. The van der Waals surface area contributed by atoms with Gasteiger partial charge < -0.3 is 14.8 Å². The zero-order chi connectivity index (χ0) is 11.0. The molecule has 16 heavy (non-hydrogen) atoms. The van der Waals surface area contributed by atoms with Gasteiger partial charge >= 0.3 is 0 Å². The van der Waals surface area contributed by atoms with Crippen LogP contribution in [0.2, 0.25) is 0 Å². The number of hydrogen-bond acceptors (Lipinski definition) is 3. The number of methoxy groups -OCH3 is 1. The quantitative estimate of drug-likeness (QED) is 0.780. The number of benzene rings is 1. The summed E-state index contributed by atoms with van der Waals surface area (Å²) in [6.45, 7) is 2.10. The van der Waals surface area contributed by atoms with Crippen LogP contribution in [0, 0.1) is 0 Å². The Kier molecular flexibility index (Phi) is 2.28. The van der Waals surface area contributed by atoms with Crippen molar-refractivity contribution in [1.29, 1.82) is 0 Å². The average molecular weight is 219 g/mol. The topological polar surface area (TPSA) is 30.5 Å². The highest BCUT2D eigenvalue weighted by Gasteiger charge is 2.41. The van der Waals surface area contributed by atoms with Crippen molar-refractivity contribution >= 4 is 0 Å². The number of piperidine rings is 1. The highest BCUT2D eigenvalue weighted by molar-refractivity contribution is 5.49. The van der Waals surface area contributed by atoms with E-state index in [0.717, 1.165) is 43.9 Å². The van der Waals surface area contributed by atoms with Gasteiger partial charge in [-0.15, -0.1) is 0 Å². The minimum absolute atomic E-state index is 0.0300. The Labute approximate surface area is 95.8 Å². The first-order chi connectivity index (χ1) is 7.83. The van der Waals surface area contributed by atoms with Gasteiger partial charge in [0.1, 0.15) is 17.1 Å². The van der Waals surface area contributed by atoms with E-state index in [1.165, 1.54) is 5.56 Å². The van der Waals surface area contributed by atoms with E-state index in [1.807, 2.05) is 12.1 Å². The smallest absolute Gasteiger partial charge is 0.127 e. The molecule has 3 rings (SSSR count). The molecule has 3 heteroatoms. The van der Waals surface area contributed by atoms with Crippen molar-refractivity contribution in [2.24, 2.45) is 0 Å². The zero-order valence-corrected chi connectivity index (χ0v) is 9.58. The van der Waals surface area contributed by atoms with Crippen molar-refractivity contribution in [3.8, 4) is 11.5 Å². The molecule has 2 heterocycles. The summed E-state index contributed by atoms with van der Waals surface area (Å²) < 4.78 is 11.6. The van der Waals surface area contributed by atoms with Crippen LogP contribution in [0.5, 0.6) is 11.5 Å². The normalized spacial score (nSPS) is 21.6. The van der Waals surface area contributed by atoms with Gasteiger partial charge in [0, 0.05) is 12.0 Å². The molecule has 0 aliphatic carbocycles. The fourth-order valence-corrected chi connectivity index (χ4v) is 2.76. The molecule has 0 radical (unpaired) electrons. The molecule has 0 atom stereocenters. The summed E-state index contributed by atoms with van der Waals surface area (Å²) >= 11 is 0. The van der Waals surface area contributed by atoms with Crippen molar-refractivity contribution in [3.05, 3.63) is 23.8 Å². The van der Waals surface area contributed by atoms with E-state index in [2.05, 4.69) is 11.4 Å². The first-order valence-electron chi connectivity index (χ1n) is 5.89. The minimum Gasteiger partial charge on any atom is -0.496 e. The maximum absolute atomic E-state index is 6.16. The van der Waals surface area contributed by atoms with E-state index in [0.29, 0.717) is 0 Å². The summed E-state index contributed by atoms with van der Waals surface area (Å²) in [5.74, 6) is 1.98. The third-order valence-electron chi connectivity index (χ3n) is 3.65. The van der Waals surface area contributed by atoms with Gasteiger partial charge in [-0.05, 0) is 38.1 Å². The first-order valence-corrected chi connectivity index (χ1v) is 5.89. The van der Waals surface area contributed by atoms with Crippen molar-refractivity contribution in [2.45, 2.75) is 24.9 Å². The standard InChI is InChI=1S/C13H17NO2/c1-15-11-3-2-4-12-10(11)9-13(16-12)5-7-14-8-6-13/h2-4,14H,5-9H2,1H3. The Hall–Kier alpha value is -1.22. The summed E-state index contributed by atoms with van der Waals surface area (Å²) in [7, 11) is 1.73. The van der Waals surface area contributed by atoms with Crippen LogP contribution in [0.1, 0.15) is 18.4 Å². The van der Waals surface area contributed by atoms with Gasteiger partial charge in [0.25, 0.3) is 0 Å². The van der Waals surface area contributed by atoms with Gasteiger partial charge in [-0.25, -0.2) is 0 Å². The molecule has 3 nitrogen and oxygen atoms in total. The van der Waals surface area contributed by atoms with Crippen LogP contribution >= 0.6 is 0 Å². The van der Waals surface area contributed by atoms with Crippen LogP contribution in [0.3, 0.4) is 0 Å². The molecule has 0 aromatic heterocycles. The predicted molar refractivity (Wildman–Crippen MR) is 62.2 cm³/mol. The lowest BCUT2D eigenvalue weighted by Crippen LogP contribution is -2.45. The molecule has 1 spiro atoms. The Bertz CT molecular complexity index is 397. The summed E-state index contributed by atoms with van der Waals surface area (Å²) in [4.78, 5) is 0. The number of ether oxygens (including phenoxy) is 2. The monoisotopic (exact) mass is 219 g/mol. The van der Waals surface area contributed by atoms with Gasteiger partial charge in [-0.1, -0.05) is 6.07 Å². The van der Waals surface area contributed by atoms with E-state index in [-0.39, 0.29) is 5.60 Å². The average Bonchev–Trinajstić information content (AvgIpc) is 2.67. The molecular formula is C13H17NO2. The lowest BCUT2D eigenvalue weighted by Gasteiger charge is -2.33. The lowest BCUT2D eigenvalue weighted by atomic mass is 9.88. The number of hydrogen-bond donors (Lipinski definition) is 1. The highest BCUT2D eigenvalue weighted by atomic mass is 16.5. The Morgan fingerprint density at radius 1 is 1.31 bits per heavy atom. The molecule has 1 N–H and O–H groups in total. The largest absolute Gasteiger partial charge is 0.496 e. The van der Waals surface area contributed by atoms with Gasteiger partial charge in [-0.2, -0.15) is 0 Å². The predicted octanol–water partition coefficient (Wildman–Crippen LogP) is 1.75. The van der Waals surface area contributed by atoms with Gasteiger partial charge in [0.15, 0.2) is 0 Å².